The Balaban J connectivity index is 4.32. The quantitative estimate of drug-likeness (QED) is 0.251. The van der Waals surface area contributed by atoms with Gasteiger partial charge in [0.25, 0.3) is 5.91 Å². The van der Waals surface area contributed by atoms with E-state index in [1.54, 1.807) is 6.07 Å². The molecule has 0 spiro atoms. The molecule has 0 aliphatic carbocycles. The van der Waals surface area contributed by atoms with E-state index < -0.39 is 17.4 Å². The molecule has 0 saturated heterocycles. The van der Waals surface area contributed by atoms with Crippen LogP contribution in [0.4, 0.5) is 0 Å². The first-order valence-corrected chi connectivity index (χ1v) is 2.97. The van der Waals surface area contributed by atoms with Gasteiger partial charge in [-0.3, -0.25) is 9.59 Å². The molecule has 0 saturated carbocycles. The third kappa shape index (κ3) is 3.31. The third-order valence-corrected chi connectivity index (χ3v) is 0.852. The highest BCUT2D eigenvalue weighted by atomic mass is 16.6. The van der Waals surface area contributed by atoms with Crippen molar-refractivity contribution in [1.82, 2.24) is 0 Å². The summed E-state index contributed by atoms with van der Waals surface area (Å²) in [4.78, 5) is 25.3. The van der Waals surface area contributed by atoms with Crippen LogP contribution >= 0.6 is 0 Å². The van der Waals surface area contributed by atoms with Gasteiger partial charge in [-0.25, -0.2) is 0 Å². The predicted molar refractivity (Wildman–Crippen MR) is 38.9 cm³/mol. The predicted octanol–water partition coefficient (Wildman–Crippen LogP) is -1.04. The van der Waals surface area contributed by atoms with Crippen molar-refractivity contribution < 1.29 is 14.4 Å². The summed E-state index contributed by atoms with van der Waals surface area (Å²) in [6, 6.07) is 1.61. The van der Waals surface area contributed by atoms with Crippen molar-refractivity contribution in [2.24, 2.45) is 10.9 Å². The molecule has 0 heterocycles. The molecule has 0 aromatic heterocycles. The molecule has 1 amide bonds. The highest BCUT2D eigenvalue weighted by Crippen LogP contribution is 1.83. The number of oxime groups is 1. The van der Waals surface area contributed by atoms with Crippen LogP contribution in [0.1, 0.15) is 6.92 Å². The van der Waals surface area contributed by atoms with Gasteiger partial charge in [0.1, 0.15) is 6.07 Å². The Hall–Kier alpha value is -1.90. The fraction of sp³-hybridized carbons (Fsp3) is 0.333. The van der Waals surface area contributed by atoms with Crippen LogP contribution in [0.15, 0.2) is 5.16 Å². The number of primary amides is 1. The monoisotopic (exact) mass is 169 g/mol. The van der Waals surface area contributed by atoms with Crippen LogP contribution in [-0.4, -0.2) is 24.0 Å². The number of nitriles is 1. The third-order valence-electron chi connectivity index (χ3n) is 0.852. The van der Waals surface area contributed by atoms with Crippen LogP contribution in [0.3, 0.4) is 0 Å². The summed E-state index contributed by atoms with van der Waals surface area (Å²) in [6.45, 7) is 0.795. The van der Waals surface area contributed by atoms with Gasteiger partial charge in [-0.15, -0.1) is 0 Å². The number of carbonyl (C=O) groups is 2. The Morgan fingerprint density at radius 1 is 1.67 bits per heavy atom. The van der Waals surface area contributed by atoms with E-state index in [9.17, 15) is 9.59 Å². The van der Waals surface area contributed by atoms with E-state index in [4.69, 9.17) is 11.0 Å². The average molecular weight is 169 g/mol. The average Bonchev–Trinajstić information content (AvgIpc) is 1.96. The van der Waals surface area contributed by atoms with Crippen LogP contribution in [0.2, 0.25) is 0 Å². The zero-order valence-electron chi connectivity index (χ0n) is 6.40. The first-order chi connectivity index (χ1) is 5.59. The SMILES string of the molecule is CC(=O)C(=NOCC#N)C(N)=O. The lowest BCUT2D eigenvalue weighted by molar-refractivity contribution is -0.115. The summed E-state index contributed by atoms with van der Waals surface area (Å²) in [5, 5.41) is 11.1. The summed E-state index contributed by atoms with van der Waals surface area (Å²) in [5.74, 6) is -1.57. The number of rotatable bonds is 4. The van der Waals surface area contributed by atoms with Crippen molar-refractivity contribution >= 4 is 17.4 Å². The molecule has 0 aromatic carbocycles. The lowest BCUT2D eigenvalue weighted by Gasteiger charge is -1.94. The molecule has 2 N–H and O–H groups in total. The van der Waals surface area contributed by atoms with Crippen LogP contribution in [-0.2, 0) is 14.4 Å². The van der Waals surface area contributed by atoms with Crippen molar-refractivity contribution in [3.05, 3.63) is 0 Å². The van der Waals surface area contributed by atoms with Crippen molar-refractivity contribution in [3.8, 4) is 6.07 Å². The Kier molecular flexibility index (Phi) is 4.08. The Morgan fingerprint density at radius 2 is 2.25 bits per heavy atom. The van der Waals surface area contributed by atoms with E-state index in [-0.39, 0.29) is 6.61 Å². The maximum atomic E-state index is 10.6. The molecule has 0 aliphatic rings. The van der Waals surface area contributed by atoms with Gasteiger partial charge in [0, 0.05) is 6.92 Å². The van der Waals surface area contributed by atoms with Gasteiger partial charge in [0.15, 0.2) is 5.78 Å². The lowest BCUT2D eigenvalue weighted by Crippen LogP contribution is -2.29. The maximum Gasteiger partial charge on any atom is 0.274 e. The maximum absolute atomic E-state index is 10.6. The molecule has 0 bridgehead atoms. The number of Topliss-reactive ketones (excluding diaryl/α,β-unsaturated/α-hetero) is 1. The number of nitrogens with zero attached hydrogens (tertiary/aromatic N) is 2. The molecule has 12 heavy (non-hydrogen) atoms. The number of hydrogen-bond donors (Lipinski definition) is 1. The number of nitrogens with two attached hydrogens (primary N) is 1. The smallest absolute Gasteiger partial charge is 0.274 e. The van der Waals surface area contributed by atoms with E-state index in [1.807, 2.05) is 0 Å². The van der Waals surface area contributed by atoms with Gasteiger partial charge in [-0.2, -0.15) is 5.26 Å². The molecule has 0 atom stereocenters. The minimum absolute atomic E-state index is 0.329. The fourth-order valence-corrected chi connectivity index (χ4v) is 0.408. The summed E-state index contributed by atoms with van der Waals surface area (Å²) < 4.78 is 0. The highest BCUT2D eigenvalue weighted by Gasteiger charge is 2.13. The van der Waals surface area contributed by atoms with E-state index >= 15 is 0 Å². The van der Waals surface area contributed by atoms with Crippen LogP contribution in [0.25, 0.3) is 0 Å². The molecule has 64 valence electrons. The van der Waals surface area contributed by atoms with Crippen LogP contribution in [0, 0.1) is 11.3 Å². The second-order valence-electron chi connectivity index (χ2n) is 1.79. The molecule has 0 radical (unpaired) electrons. The molecular formula is C6H7N3O3. The first kappa shape index (κ1) is 10.1. The molecule has 0 unspecified atom stereocenters. The van der Waals surface area contributed by atoms with Gasteiger partial charge in [0.05, 0.1) is 0 Å². The molecule has 6 heteroatoms. The lowest BCUT2D eigenvalue weighted by atomic mass is 10.3. The standard InChI is InChI=1S/C6H7N3O3/c1-4(10)5(6(8)11)9-12-3-2-7/h3H2,1H3,(H2,8,11). The molecule has 0 aliphatic heterocycles. The Bertz CT molecular complexity index is 248. The zero-order valence-corrected chi connectivity index (χ0v) is 6.40. The van der Waals surface area contributed by atoms with E-state index in [0.717, 1.165) is 6.92 Å². The van der Waals surface area contributed by atoms with E-state index in [0.29, 0.717) is 0 Å². The molecule has 0 rings (SSSR count). The van der Waals surface area contributed by atoms with Crippen LogP contribution < -0.4 is 5.73 Å². The fourth-order valence-electron chi connectivity index (χ4n) is 0.408. The van der Waals surface area contributed by atoms with Crippen molar-refractivity contribution in [3.63, 3.8) is 0 Å². The summed E-state index contributed by atoms with van der Waals surface area (Å²) in [7, 11) is 0. The number of amides is 1. The second kappa shape index (κ2) is 4.85. The normalized spacial score (nSPS) is 10.2. The Labute approximate surface area is 68.6 Å². The largest absolute Gasteiger partial charge is 0.380 e. The topological polar surface area (TPSA) is 106 Å². The minimum Gasteiger partial charge on any atom is -0.380 e. The number of ketones is 1. The van der Waals surface area contributed by atoms with Gasteiger partial charge in [0.2, 0.25) is 12.3 Å². The molecule has 0 fully saturated rings. The van der Waals surface area contributed by atoms with Crippen LogP contribution in [0.5, 0.6) is 0 Å². The molecular weight excluding hydrogens is 162 g/mol. The minimum atomic E-state index is -0.972. The number of carbonyl (C=O) groups excluding carboxylic acids is 2. The van der Waals surface area contributed by atoms with Crippen molar-refractivity contribution in [1.29, 1.82) is 5.26 Å². The zero-order chi connectivity index (χ0) is 9.56. The van der Waals surface area contributed by atoms with E-state index in [2.05, 4.69) is 9.99 Å². The van der Waals surface area contributed by atoms with Crippen molar-refractivity contribution in [2.45, 2.75) is 6.92 Å². The van der Waals surface area contributed by atoms with Gasteiger partial charge in [-0.05, 0) is 0 Å². The number of hydrogen-bond acceptors (Lipinski definition) is 5. The van der Waals surface area contributed by atoms with Gasteiger partial charge >= 0.3 is 0 Å². The first-order valence-electron chi connectivity index (χ1n) is 2.97. The summed E-state index contributed by atoms with van der Waals surface area (Å²) in [5.41, 5.74) is 4.27. The van der Waals surface area contributed by atoms with E-state index in [1.165, 1.54) is 0 Å². The van der Waals surface area contributed by atoms with Gasteiger partial charge in [-0.1, -0.05) is 5.16 Å². The summed E-state index contributed by atoms with van der Waals surface area (Å²) >= 11 is 0. The summed E-state index contributed by atoms with van der Waals surface area (Å²) in [6.07, 6.45) is 0. The second-order valence-corrected chi connectivity index (χ2v) is 1.79. The molecule has 6 nitrogen and oxygen atoms in total. The van der Waals surface area contributed by atoms with Gasteiger partial charge < -0.3 is 10.6 Å². The highest BCUT2D eigenvalue weighted by molar-refractivity contribution is 6.64. The molecule has 0 aromatic rings. The van der Waals surface area contributed by atoms with Crippen molar-refractivity contribution in [2.75, 3.05) is 6.61 Å². The Morgan fingerprint density at radius 3 is 2.58 bits per heavy atom.